The lowest BCUT2D eigenvalue weighted by Crippen LogP contribution is -2.32. The van der Waals surface area contributed by atoms with Crippen molar-refractivity contribution in [2.45, 2.75) is 6.04 Å². The van der Waals surface area contributed by atoms with Gasteiger partial charge in [-0.2, -0.15) is 0 Å². The number of carboxylic acid groups (broad SMARTS) is 1. The molecule has 2 rings (SSSR count). The van der Waals surface area contributed by atoms with E-state index in [4.69, 9.17) is 0 Å². The summed E-state index contributed by atoms with van der Waals surface area (Å²) in [5.41, 5.74) is 1.19. The lowest BCUT2D eigenvalue weighted by molar-refractivity contribution is -0.139. The Morgan fingerprint density at radius 2 is 1.50 bits per heavy atom. The lowest BCUT2D eigenvalue weighted by atomic mass is 10.1. The number of hydrogen-bond acceptors (Lipinski definition) is 3. The number of carbonyl (C=O) groups excluding carboxylic acids is 1. The monoisotopic (exact) mass is 269 g/mol. The number of Topliss-reactive ketones (excluding diaryl/α,β-unsaturated/α-hetero) is 1. The maximum atomic E-state index is 11.9. The minimum Gasteiger partial charge on any atom is -0.480 e. The fraction of sp³-hybridized carbons (Fsp3) is 0.125. The SMILES string of the molecule is O=C(CN[C@H](C(=O)O)c1ccccc1)c1ccccc1. The first-order valence-corrected chi connectivity index (χ1v) is 6.28. The van der Waals surface area contributed by atoms with Crippen LogP contribution in [0.4, 0.5) is 0 Å². The van der Waals surface area contributed by atoms with Gasteiger partial charge in [-0.1, -0.05) is 60.7 Å². The molecule has 0 spiro atoms. The van der Waals surface area contributed by atoms with Crippen LogP contribution in [0.15, 0.2) is 60.7 Å². The van der Waals surface area contributed by atoms with E-state index in [2.05, 4.69) is 5.32 Å². The van der Waals surface area contributed by atoms with Crippen molar-refractivity contribution in [3.8, 4) is 0 Å². The van der Waals surface area contributed by atoms with Crippen LogP contribution in [-0.2, 0) is 4.79 Å². The van der Waals surface area contributed by atoms with Crippen LogP contribution >= 0.6 is 0 Å². The zero-order valence-electron chi connectivity index (χ0n) is 10.8. The van der Waals surface area contributed by atoms with E-state index < -0.39 is 12.0 Å². The zero-order chi connectivity index (χ0) is 14.4. The highest BCUT2D eigenvalue weighted by Gasteiger charge is 2.20. The summed E-state index contributed by atoms with van der Waals surface area (Å²) in [4.78, 5) is 23.2. The van der Waals surface area contributed by atoms with Crippen molar-refractivity contribution in [2.75, 3.05) is 6.54 Å². The largest absolute Gasteiger partial charge is 0.480 e. The summed E-state index contributed by atoms with van der Waals surface area (Å²) in [6, 6.07) is 16.7. The molecule has 102 valence electrons. The molecule has 0 fully saturated rings. The van der Waals surface area contributed by atoms with Crippen molar-refractivity contribution in [2.24, 2.45) is 0 Å². The summed E-state index contributed by atoms with van der Waals surface area (Å²) in [5.74, 6) is -1.13. The second-order valence-corrected chi connectivity index (χ2v) is 4.35. The van der Waals surface area contributed by atoms with Crippen molar-refractivity contribution in [1.29, 1.82) is 0 Å². The first kappa shape index (κ1) is 14.0. The Morgan fingerprint density at radius 1 is 0.950 bits per heavy atom. The van der Waals surface area contributed by atoms with Gasteiger partial charge in [0.25, 0.3) is 0 Å². The molecule has 4 nitrogen and oxygen atoms in total. The average molecular weight is 269 g/mol. The van der Waals surface area contributed by atoms with Crippen LogP contribution in [0.5, 0.6) is 0 Å². The summed E-state index contributed by atoms with van der Waals surface area (Å²) in [7, 11) is 0. The summed E-state index contributed by atoms with van der Waals surface area (Å²) >= 11 is 0. The summed E-state index contributed by atoms with van der Waals surface area (Å²) in [5, 5.41) is 12.0. The van der Waals surface area contributed by atoms with E-state index >= 15 is 0 Å². The van der Waals surface area contributed by atoms with Gasteiger partial charge in [0, 0.05) is 5.56 Å². The standard InChI is InChI=1S/C16H15NO3/c18-14(12-7-3-1-4-8-12)11-17-15(16(19)20)13-9-5-2-6-10-13/h1-10,15,17H,11H2,(H,19,20)/t15-/m0/s1. The second-order valence-electron chi connectivity index (χ2n) is 4.35. The van der Waals surface area contributed by atoms with E-state index in [0.717, 1.165) is 0 Å². The maximum Gasteiger partial charge on any atom is 0.325 e. The third-order valence-corrected chi connectivity index (χ3v) is 2.94. The Labute approximate surface area is 117 Å². The maximum absolute atomic E-state index is 11.9. The molecule has 0 bridgehead atoms. The molecule has 2 aromatic carbocycles. The van der Waals surface area contributed by atoms with E-state index in [9.17, 15) is 14.7 Å². The Hall–Kier alpha value is -2.46. The lowest BCUT2D eigenvalue weighted by Gasteiger charge is -2.14. The van der Waals surface area contributed by atoms with Crippen LogP contribution in [-0.4, -0.2) is 23.4 Å². The number of aliphatic carboxylic acids is 1. The minimum atomic E-state index is -1.00. The molecule has 0 saturated carbocycles. The summed E-state index contributed by atoms with van der Waals surface area (Å²) < 4.78 is 0. The molecule has 0 amide bonds. The van der Waals surface area contributed by atoms with Gasteiger partial charge in [-0.3, -0.25) is 14.9 Å². The van der Waals surface area contributed by atoms with Crippen molar-refractivity contribution in [3.63, 3.8) is 0 Å². The number of rotatable bonds is 6. The normalized spacial score (nSPS) is 11.8. The van der Waals surface area contributed by atoms with Gasteiger partial charge in [0.1, 0.15) is 6.04 Å². The molecule has 0 radical (unpaired) electrons. The molecule has 2 N–H and O–H groups in total. The Morgan fingerprint density at radius 3 is 2.05 bits per heavy atom. The van der Waals surface area contributed by atoms with Gasteiger partial charge in [-0.15, -0.1) is 0 Å². The highest BCUT2D eigenvalue weighted by atomic mass is 16.4. The molecular weight excluding hydrogens is 254 g/mol. The Bertz CT molecular complexity index is 581. The number of hydrogen-bond donors (Lipinski definition) is 2. The van der Waals surface area contributed by atoms with Gasteiger partial charge in [0.2, 0.25) is 0 Å². The zero-order valence-corrected chi connectivity index (χ0v) is 10.8. The first-order chi connectivity index (χ1) is 9.68. The first-order valence-electron chi connectivity index (χ1n) is 6.28. The highest BCUT2D eigenvalue weighted by Crippen LogP contribution is 2.12. The van der Waals surface area contributed by atoms with E-state index in [1.807, 2.05) is 12.1 Å². The molecule has 0 aliphatic heterocycles. The van der Waals surface area contributed by atoms with E-state index in [-0.39, 0.29) is 12.3 Å². The number of carbonyl (C=O) groups is 2. The van der Waals surface area contributed by atoms with Crippen molar-refractivity contribution in [1.82, 2.24) is 5.32 Å². The van der Waals surface area contributed by atoms with Crippen molar-refractivity contribution < 1.29 is 14.7 Å². The quantitative estimate of drug-likeness (QED) is 0.790. The van der Waals surface area contributed by atoms with Crippen LogP contribution in [0.25, 0.3) is 0 Å². The molecular formula is C16H15NO3. The van der Waals surface area contributed by atoms with Gasteiger partial charge in [0.15, 0.2) is 5.78 Å². The molecule has 1 atom stereocenters. The molecule has 0 aromatic heterocycles. The third-order valence-electron chi connectivity index (χ3n) is 2.94. The molecule has 0 saturated heterocycles. The van der Waals surface area contributed by atoms with Crippen LogP contribution in [0, 0.1) is 0 Å². The number of nitrogens with one attached hydrogen (secondary N) is 1. The predicted molar refractivity (Wildman–Crippen MR) is 75.6 cm³/mol. The Kier molecular flexibility index (Phi) is 4.63. The van der Waals surface area contributed by atoms with E-state index in [1.165, 1.54) is 0 Å². The number of carboxylic acids is 1. The molecule has 20 heavy (non-hydrogen) atoms. The summed E-state index contributed by atoms with van der Waals surface area (Å²) in [6.45, 7) is -0.0180. The van der Waals surface area contributed by atoms with Gasteiger partial charge in [-0.05, 0) is 5.56 Å². The van der Waals surface area contributed by atoms with E-state index in [1.54, 1.807) is 48.5 Å². The summed E-state index contributed by atoms with van der Waals surface area (Å²) in [6.07, 6.45) is 0. The van der Waals surface area contributed by atoms with Crippen LogP contribution < -0.4 is 5.32 Å². The van der Waals surface area contributed by atoms with Crippen LogP contribution in [0.3, 0.4) is 0 Å². The number of benzene rings is 2. The van der Waals surface area contributed by atoms with Crippen LogP contribution in [0.1, 0.15) is 22.0 Å². The van der Waals surface area contributed by atoms with Crippen molar-refractivity contribution >= 4 is 11.8 Å². The fourth-order valence-corrected chi connectivity index (χ4v) is 1.91. The van der Waals surface area contributed by atoms with Gasteiger partial charge in [0.05, 0.1) is 6.54 Å². The average Bonchev–Trinajstić information content (AvgIpc) is 2.49. The van der Waals surface area contributed by atoms with E-state index in [0.29, 0.717) is 11.1 Å². The second kappa shape index (κ2) is 6.63. The molecule has 0 heterocycles. The predicted octanol–water partition coefficient (Wildman–Crippen LogP) is 2.28. The number of ketones is 1. The topological polar surface area (TPSA) is 66.4 Å². The molecule has 4 heteroatoms. The molecule has 0 unspecified atom stereocenters. The van der Waals surface area contributed by atoms with Crippen LogP contribution in [0.2, 0.25) is 0 Å². The highest BCUT2D eigenvalue weighted by molar-refractivity contribution is 5.97. The van der Waals surface area contributed by atoms with Gasteiger partial charge >= 0.3 is 5.97 Å². The van der Waals surface area contributed by atoms with Gasteiger partial charge < -0.3 is 5.11 Å². The molecule has 0 aliphatic carbocycles. The van der Waals surface area contributed by atoms with Gasteiger partial charge in [-0.25, -0.2) is 0 Å². The minimum absolute atomic E-state index is 0.0180. The third kappa shape index (κ3) is 3.52. The van der Waals surface area contributed by atoms with Crippen molar-refractivity contribution in [3.05, 3.63) is 71.8 Å². The Balaban J connectivity index is 2.04. The fourth-order valence-electron chi connectivity index (χ4n) is 1.91. The molecule has 2 aromatic rings. The molecule has 0 aliphatic rings. The smallest absolute Gasteiger partial charge is 0.325 e.